The lowest BCUT2D eigenvalue weighted by Gasteiger charge is -2.07. The van der Waals surface area contributed by atoms with Gasteiger partial charge in [0.15, 0.2) is 5.82 Å². The van der Waals surface area contributed by atoms with Crippen molar-refractivity contribution in [2.24, 2.45) is 0 Å². The molecular weight excluding hydrogens is 288 g/mol. The molecule has 116 valence electrons. The maximum Gasteiger partial charge on any atom is 0.244 e. The second-order valence-corrected chi connectivity index (χ2v) is 5.04. The predicted octanol–water partition coefficient (Wildman–Crippen LogP) is 2.53. The van der Waals surface area contributed by atoms with E-state index >= 15 is 0 Å². The molecule has 0 amide bonds. The molecule has 0 saturated heterocycles. The van der Waals surface area contributed by atoms with Gasteiger partial charge in [0.1, 0.15) is 0 Å². The number of aromatic nitrogens is 4. The van der Waals surface area contributed by atoms with Crippen molar-refractivity contribution in [3.05, 3.63) is 72.2 Å². The van der Waals surface area contributed by atoms with E-state index in [9.17, 15) is 0 Å². The van der Waals surface area contributed by atoms with Crippen LogP contribution in [-0.2, 0) is 13.0 Å². The molecule has 0 bridgehead atoms. The van der Waals surface area contributed by atoms with Crippen molar-refractivity contribution in [3.63, 3.8) is 0 Å². The zero-order valence-electron chi connectivity index (χ0n) is 12.7. The monoisotopic (exact) mass is 306 g/mol. The summed E-state index contributed by atoms with van der Waals surface area (Å²) in [4.78, 5) is 8.40. The van der Waals surface area contributed by atoms with E-state index in [4.69, 9.17) is 0 Å². The second kappa shape index (κ2) is 7.84. The lowest BCUT2D eigenvalue weighted by molar-refractivity contribution is 0.928. The molecule has 23 heavy (non-hydrogen) atoms. The third-order valence-corrected chi connectivity index (χ3v) is 3.32. The van der Waals surface area contributed by atoms with E-state index in [1.165, 1.54) is 5.56 Å². The summed E-state index contributed by atoms with van der Waals surface area (Å²) in [6.45, 7) is 1.43. The Morgan fingerprint density at radius 3 is 2.52 bits per heavy atom. The lowest BCUT2D eigenvalue weighted by Crippen LogP contribution is -2.10. The van der Waals surface area contributed by atoms with Crippen molar-refractivity contribution in [1.29, 1.82) is 0 Å². The number of rotatable bonds is 7. The molecule has 3 rings (SSSR count). The average Bonchev–Trinajstić information content (AvgIpc) is 2.62. The molecule has 0 unspecified atom stereocenters. The van der Waals surface area contributed by atoms with E-state index in [2.05, 4.69) is 42.9 Å². The second-order valence-electron chi connectivity index (χ2n) is 5.04. The van der Waals surface area contributed by atoms with Crippen LogP contribution in [0, 0.1) is 0 Å². The van der Waals surface area contributed by atoms with Crippen LogP contribution in [0.1, 0.15) is 11.1 Å². The van der Waals surface area contributed by atoms with Crippen molar-refractivity contribution in [2.45, 2.75) is 13.0 Å². The van der Waals surface area contributed by atoms with Gasteiger partial charge in [-0.25, -0.2) is 0 Å². The summed E-state index contributed by atoms with van der Waals surface area (Å²) in [6.07, 6.45) is 6.09. The molecule has 6 heteroatoms. The number of pyridine rings is 1. The number of anilines is 2. The van der Waals surface area contributed by atoms with Gasteiger partial charge in [0, 0.05) is 25.5 Å². The van der Waals surface area contributed by atoms with Gasteiger partial charge in [-0.2, -0.15) is 10.1 Å². The Balaban J connectivity index is 1.51. The van der Waals surface area contributed by atoms with Gasteiger partial charge in [-0.3, -0.25) is 4.98 Å². The fourth-order valence-corrected chi connectivity index (χ4v) is 2.12. The van der Waals surface area contributed by atoms with Crippen LogP contribution >= 0.6 is 0 Å². The van der Waals surface area contributed by atoms with Crippen LogP contribution < -0.4 is 10.6 Å². The minimum Gasteiger partial charge on any atom is -0.368 e. The quantitative estimate of drug-likeness (QED) is 0.698. The number of hydrogen-bond donors (Lipinski definition) is 2. The molecule has 0 radical (unpaired) electrons. The Morgan fingerprint density at radius 1 is 0.870 bits per heavy atom. The molecule has 1 aromatic carbocycles. The highest BCUT2D eigenvalue weighted by Gasteiger charge is 2.01. The Bertz CT molecular complexity index is 717. The van der Waals surface area contributed by atoms with Gasteiger partial charge in [0.25, 0.3) is 0 Å². The normalized spacial score (nSPS) is 10.3. The number of nitrogens with zero attached hydrogens (tertiary/aromatic N) is 4. The highest BCUT2D eigenvalue weighted by molar-refractivity contribution is 5.37. The maximum atomic E-state index is 4.41. The van der Waals surface area contributed by atoms with Gasteiger partial charge in [-0.1, -0.05) is 30.3 Å². The molecule has 0 saturated carbocycles. The van der Waals surface area contributed by atoms with Crippen LogP contribution in [0.15, 0.2) is 61.1 Å². The Kier molecular flexibility index (Phi) is 5.08. The molecule has 0 aliphatic carbocycles. The molecule has 0 aliphatic rings. The standard InChI is InChI=1S/C17H18N6/c1-2-4-14(5-3-1)8-11-19-16-13-21-23-17(22-16)20-12-15-6-9-18-10-7-15/h1-7,9-10,13H,8,11-12H2,(H2,19,20,22,23). The summed E-state index contributed by atoms with van der Waals surface area (Å²) < 4.78 is 0. The third-order valence-electron chi connectivity index (χ3n) is 3.32. The van der Waals surface area contributed by atoms with E-state index in [1.54, 1.807) is 18.6 Å². The minimum absolute atomic E-state index is 0.506. The zero-order chi connectivity index (χ0) is 15.7. The van der Waals surface area contributed by atoms with E-state index in [1.807, 2.05) is 30.3 Å². The Labute approximate surface area is 135 Å². The first-order valence-electron chi connectivity index (χ1n) is 7.50. The van der Waals surface area contributed by atoms with Crippen LogP contribution in [0.4, 0.5) is 11.8 Å². The maximum absolute atomic E-state index is 4.41. The molecule has 2 heterocycles. The lowest BCUT2D eigenvalue weighted by atomic mass is 10.1. The topological polar surface area (TPSA) is 75.6 Å². The van der Waals surface area contributed by atoms with E-state index in [0.29, 0.717) is 18.3 Å². The van der Waals surface area contributed by atoms with Gasteiger partial charge >= 0.3 is 0 Å². The number of nitrogens with one attached hydrogen (secondary N) is 2. The Hall–Kier alpha value is -3.02. The van der Waals surface area contributed by atoms with Gasteiger partial charge < -0.3 is 10.6 Å². The highest BCUT2D eigenvalue weighted by atomic mass is 15.3. The summed E-state index contributed by atoms with van der Waals surface area (Å²) in [5.41, 5.74) is 2.41. The van der Waals surface area contributed by atoms with Crippen molar-refractivity contribution in [1.82, 2.24) is 20.2 Å². The van der Waals surface area contributed by atoms with E-state index < -0.39 is 0 Å². The number of benzene rings is 1. The van der Waals surface area contributed by atoms with Crippen LogP contribution in [-0.4, -0.2) is 26.7 Å². The van der Waals surface area contributed by atoms with Gasteiger partial charge in [0.05, 0.1) is 6.20 Å². The molecule has 0 atom stereocenters. The summed E-state index contributed by atoms with van der Waals surface area (Å²) in [7, 11) is 0. The molecule has 3 aromatic rings. The first kappa shape index (κ1) is 14.9. The van der Waals surface area contributed by atoms with Crippen LogP contribution in [0.5, 0.6) is 0 Å². The van der Waals surface area contributed by atoms with Crippen LogP contribution in [0.25, 0.3) is 0 Å². The van der Waals surface area contributed by atoms with Crippen LogP contribution in [0.2, 0.25) is 0 Å². The molecule has 2 N–H and O–H groups in total. The van der Waals surface area contributed by atoms with Gasteiger partial charge in [-0.15, -0.1) is 5.10 Å². The minimum atomic E-state index is 0.506. The average molecular weight is 306 g/mol. The summed E-state index contributed by atoms with van der Waals surface area (Å²) >= 11 is 0. The summed E-state index contributed by atoms with van der Waals surface area (Å²) in [5.74, 6) is 1.22. The fraction of sp³-hybridized carbons (Fsp3) is 0.176. The van der Waals surface area contributed by atoms with Crippen molar-refractivity contribution in [2.75, 3.05) is 17.2 Å². The molecule has 0 fully saturated rings. The van der Waals surface area contributed by atoms with Crippen molar-refractivity contribution < 1.29 is 0 Å². The zero-order valence-corrected chi connectivity index (χ0v) is 12.7. The Morgan fingerprint density at radius 2 is 1.70 bits per heavy atom. The molecular formula is C17H18N6. The molecule has 6 nitrogen and oxygen atoms in total. The molecule has 0 spiro atoms. The smallest absolute Gasteiger partial charge is 0.244 e. The third kappa shape index (κ3) is 4.74. The first-order chi connectivity index (χ1) is 11.4. The van der Waals surface area contributed by atoms with E-state index in [0.717, 1.165) is 18.5 Å². The molecule has 2 aromatic heterocycles. The van der Waals surface area contributed by atoms with E-state index in [-0.39, 0.29) is 0 Å². The number of hydrogen-bond acceptors (Lipinski definition) is 6. The summed E-state index contributed by atoms with van der Waals surface area (Å²) in [6, 6.07) is 14.2. The van der Waals surface area contributed by atoms with Crippen molar-refractivity contribution in [3.8, 4) is 0 Å². The summed E-state index contributed by atoms with van der Waals surface area (Å²) in [5, 5.41) is 14.4. The van der Waals surface area contributed by atoms with Gasteiger partial charge in [-0.05, 0) is 29.7 Å². The predicted molar refractivity (Wildman–Crippen MR) is 90.0 cm³/mol. The first-order valence-corrected chi connectivity index (χ1v) is 7.50. The largest absolute Gasteiger partial charge is 0.368 e. The van der Waals surface area contributed by atoms with Crippen LogP contribution in [0.3, 0.4) is 0 Å². The molecule has 0 aliphatic heterocycles. The van der Waals surface area contributed by atoms with Crippen molar-refractivity contribution >= 4 is 11.8 Å². The highest BCUT2D eigenvalue weighted by Crippen LogP contribution is 2.06. The SMILES string of the molecule is c1ccc(CCNc2cnnc(NCc3ccncc3)n2)cc1. The fourth-order valence-electron chi connectivity index (χ4n) is 2.12. The van der Waals surface area contributed by atoms with Gasteiger partial charge in [0.2, 0.25) is 5.95 Å².